The summed E-state index contributed by atoms with van der Waals surface area (Å²) in [6.45, 7) is 4.70. The summed E-state index contributed by atoms with van der Waals surface area (Å²) in [6, 6.07) is 6.62. The number of rotatable bonds is 5. The smallest absolute Gasteiger partial charge is 0.458 e. The van der Waals surface area contributed by atoms with Crippen LogP contribution in [0.3, 0.4) is 0 Å². The predicted octanol–water partition coefficient (Wildman–Crippen LogP) is 2.25. The lowest BCUT2D eigenvalue weighted by molar-refractivity contribution is -0.172. The number of aliphatic hydroxyl groups is 1. The molecule has 0 saturated heterocycles. The van der Waals surface area contributed by atoms with Crippen LogP contribution in [0.4, 0.5) is 4.79 Å². The fraction of sp³-hybridized carbons (Fsp3) is 0.346. The van der Waals surface area contributed by atoms with Gasteiger partial charge in [-0.2, -0.15) is 0 Å². The van der Waals surface area contributed by atoms with Crippen LogP contribution < -0.4 is 15.6 Å². The Bertz CT molecular complexity index is 1540. The number of cyclic esters (lactones) is 1. The van der Waals surface area contributed by atoms with Crippen LogP contribution in [0.1, 0.15) is 49.4 Å². The van der Waals surface area contributed by atoms with Crippen molar-refractivity contribution in [1.82, 2.24) is 14.9 Å². The topological polar surface area (TPSA) is 146 Å². The maximum absolute atomic E-state index is 13.4. The average Bonchev–Trinajstić information content (AvgIpc) is 3.23. The van der Waals surface area contributed by atoms with Crippen LogP contribution in [0.15, 0.2) is 29.1 Å². The van der Waals surface area contributed by atoms with Gasteiger partial charge in [0.1, 0.15) is 12.4 Å². The molecule has 0 saturated carbocycles. The number of esters is 1. The van der Waals surface area contributed by atoms with Gasteiger partial charge in [0.15, 0.2) is 12.3 Å². The van der Waals surface area contributed by atoms with Crippen molar-refractivity contribution >= 4 is 28.9 Å². The molecule has 2 aliphatic rings. The Morgan fingerprint density at radius 2 is 2.00 bits per heavy atom. The van der Waals surface area contributed by atoms with E-state index in [2.05, 4.69) is 5.32 Å². The molecule has 37 heavy (non-hydrogen) atoms. The molecule has 5 rings (SSSR count). The summed E-state index contributed by atoms with van der Waals surface area (Å²) in [5.74, 6) is -0.872. The van der Waals surface area contributed by atoms with Crippen LogP contribution in [0, 0.1) is 0 Å². The Morgan fingerprint density at radius 3 is 2.70 bits per heavy atom. The van der Waals surface area contributed by atoms with Crippen molar-refractivity contribution in [3.63, 3.8) is 0 Å². The highest BCUT2D eigenvalue weighted by molar-refractivity contribution is 5.90. The standard InChI is InChI=1S/C26H25N3O8/c1-4-15-16-8-14(37-25(33)36-12-27-13(3)30)6-7-20(16)28-22-17(15)10-29-21(22)9-19-18(23(29)31)11-35-24(32)26(19,34)5-2/h6-9,34H,4-5,10-12H2,1-3H3,(H,27,30)/t26-/m0/s1. The van der Waals surface area contributed by atoms with E-state index in [-0.39, 0.29) is 54.6 Å². The molecule has 0 unspecified atom stereocenters. The van der Waals surface area contributed by atoms with E-state index in [1.165, 1.54) is 6.92 Å². The van der Waals surface area contributed by atoms with Gasteiger partial charge in [-0.1, -0.05) is 13.8 Å². The number of benzene rings is 1. The Hall–Kier alpha value is -4.25. The second-order valence-electron chi connectivity index (χ2n) is 8.93. The number of hydrogen-bond acceptors (Lipinski definition) is 9. The molecule has 11 nitrogen and oxygen atoms in total. The van der Waals surface area contributed by atoms with Gasteiger partial charge >= 0.3 is 12.1 Å². The van der Waals surface area contributed by atoms with Crippen molar-refractivity contribution in [2.75, 3.05) is 6.73 Å². The van der Waals surface area contributed by atoms with Crippen molar-refractivity contribution in [3.8, 4) is 17.1 Å². The molecular formula is C26H25N3O8. The number of aromatic nitrogens is 2. The number of amides is 1. The lowest BCUT2D eigenvalue weighted by Crippen LogP contribution is -2.44. The van der Waals surface area contributed by atoms with Crippen molar-refractivity contribution in [3.05, 3.63) is 56.9 Å². The summed E-state index contributed by atoms with van der Waals surface area (Å²) < 4.78 is 16.8. The molecule has 2 N–H and O–H groups in total. The van der Waals surface area contributed by atoms with Crippen LogP contribution in [-0.2, 0) is 44.2 Å². The van der Waals surface area contributed by atoms with E-state index < -0.39 is 17.7 Å². The molecule has 1 atom stereocenters. The zero-order chi connectivity index (χ0) is 26.5. The fourth-order valence-corrected chi connectivity index (χ4v) is 4.93. The summed E-state index contributed by atoms with van der Waals surface area (Å²) >= 11 is 0. The van der Waals surface area contributed by atoms with Gasteiger partial charge in [-0.05, 0) is 42.7 Å². The second kappa shape index (κ2) is 9.00. The Labute approximate surface area is 211 Å². The highest BCUT2D eigenvalue weighted by Gasteiger charge is 2.45. The van der Waals surface area contributed by atoms with E-state index in [1.807, 2.05) is 6.92 Å². The molecule has 0 radical (unpaired) electrons. The van der Waals surface area contributed by atoms with E-state index >= 15 is 0 Å². The molecule has 11 heteroatoms. The quantitative estimate of drug-likeness (QED) is 0.236. The summed E-state index contributed by atoms with van der Waals surface area (Å²) in [6.07, 6.45) is -0.290. The SMILES string of the molecule is CCc1c2c(nc3ccc(OC(=O)OCNC(C)=O)cc13)-c1cc3c(c(=O)n1C2)COC(=O)[C@]3(O)CC. The summed E-state index contributed by atoms with van der Waals surface area (Å²) in [5.41, 5.74) is 1.82. The minimum Gasteiger partial charge on any atom is -0.458 e. The third kappa shape index (κ3) is 3.91. The number of carbonyl (C=O) groups is 3. The monoisotopic (exact) mass is 507 g/mol. The number of nitrogens with zero attached hydrogens (tertiary/aromatic N) is 2. The molecule has 0 fully saturated rings. The van der Waals surface area contributed by atoms with E-state index in [0.29, 0.717) is 23.3 Å². The van der Waals surface area contributed by atoms with E-state index in [0.717, 1.165) is 16.5 Å². The molecule has 1 amide bonds. The molecule has 2 aliphatic heterocycles. The fourth-order valence-electron chi connectivity index (χ4n) is 4.93. The zero-order valence-corrected chi connectivity index (χ0v) is 20.5. The summed E-state index contributed by atoms with van der Waals surface area (Å²) in [4.78, 5) is 53.5. The number of pyridine rings is 2. The largest absolute Gasteiger partial charge is 0.515 e. The van der Waals surface area contributed by atoms with Gasteiger partial charge in [0, 0.05) is 23.4 Å². The van der Waals surface area contributed by atoms with Gasteiger partial charge in [-0.3, -0.25) is 9.59 Å². The van der Waals surface area contributed by atoms with Crippen LogP contribution in [0.25, 0.3) is 22.3 Å². The molecular weight excluding hydrogens is 482 g/mol. The molecule has 0 spiro atoms. The van der Waals surface area contributed by atoms with Crippen molar-refractivity contribution in [2.45, 2.75) is 52.4 Å². The Morgan fingerprint density at radius 1 is 1.22 bits per heavy atom. The first kappa shape index (κ1) is 24.4. The highest BCUT2D eigenvalue weighted by atomic mass is 16.7. The van der Waals surface area contributed by atoms with E-state index in [4.69, 9.17) is 19.2 Å². The predicted molar refractivity (Wildman–Crippen MR) is 130 cm³/mol. The third-order valence-electron chi connectivity index (χ3n) is 6.84. The van der Waals surface area contributed by atoms with Crippen LogP contribution in [-0.4, -0.2) is 39.4 Å². The van der Waals surface area contributed by atoms with Gasteiger partial charge < -0.3 is 29.2 Å². The number of hydrogen-bond donors (Lipinski definition) is 2. The number of nitrogens with one attached hydrogen (secondary N) is 1. The minimum atomic E-state index is -1.89. The second-order valence-corrected chi connectivity index (χ2v) is 8.93. The first-order valence-electron chi connectivity index (χ1n) is 11.9. The van der Waals surface area contributed by atoms with E-state index in [9.17, 15) is 24.3 Å². The van der Waals surface area contributed by atoms with Gasteiger partial charge in [-0.15, -0.1) is 0 Å². The molecule has 4 heterocycles. The first-order valence-corrected chi connectivity index (χ1v) is 11.9. The van der Waals surface area contributed by atoms with E-state index in [1.54, 1.807) is 35.8 Å². The minimum absolute atomic E-state index is 0.0654. The maximum Gasteiger partial charge on any atom is 0.515 e. The van der Waals surface area contributed by atoms with Crippen LogP contribution in [0.5, 0.6) is 5.75 Å². The lowest BCUT2D eigenvalue weighted by Gasteiger charge is -2.31. The molecule has 0 bridgehead atoms. The van der Waals surface area contributed by atoms with Gasteiger partial charge in [0.25, 0.3) is 5.56 Å². The summed E-state index contributed by atoms with van der Waals surface area (Å²) in [5, 5.41) is 14.1. The zero-order valence-electron chi connectivity index (χ0n) is 20.5. The molecule has 3 aromatic rings. The first-order chi connectivity index (χ1) is 17.7. The third-order valence-corrected chi connectivity index (χ3v) is 6.84. The number of aryl methyl sites for hydroxylation is 1. The van der Waals surface area contributed by atoms with Gasteiger partial charge in [0.2, 0.25) is 5.91 Å². The van der Waals surface area contributed by atoms with Crippen molar-refractivity contribution in [2.24, 2.45) is 0 Å². The van der Waals surface area contributed by atoms with Gasteiger partial charge in [-0.25, -0.2) is 14.6 Å². The normalized spacial score (nSPS) is 17.5. The summed E-state index contributed by atoms with van der Waals surface area (Å²) in [7, 11) is 0. The Balaban J connectivity index is 1.57. The van der Waals surface area contributed by atoms with Crippen LogP contribution >= 0.6 is 0 Å². The molecule has 192 valence electrons. The molecule has 1 aromatic carbocycles. The average molecular weight is 507 g/mol. The van der Waals surface area contributed by atoms with Gasteiger partial charge in [0.05, 0.1) is 29.0 Å². The van der Waals surface area contributed by atoms with Crippen molar-refractivity contribution < 1.29 is 33.7 Å². The molecule has 2 aromatic heterocycles. The number of carbonyl (C=O) groups excluding carboxylic acids is 3. The number of fused-ring (bicyclic) bond motifs is 5. The molecule has 0 aliphatic carbocycles. The Kier molecular flexibility index (Phi) is 5.95. The lowest BCUT2D eigenvalue weighted by atomic mass is 9.86. The van der Waals surface area contributed by atoms with Crippen LogP contribution in [0.2, 0.25) is 0 Å². The maximum atomic E-state index is 13.4. The number of ether oxygens (including phenoxy) is 3. The highest BCUT2D eigenvalue weighted by Crippen LogP contribution is 2.40. The van der Waals surface area contributed by atoms with Crippen molar-refractivity contribution in [1.29, 1.82) is 0 Å².